The minimum Gasteiger partial charge on any atom is -0.310 e. The van der Waals surface area contributed by atoms with Crippen LogP contribution in [0.5, 0.6) is 0 Å². The molecule has 0 saturated heterocycles. The van der Waals surface area contributed by atoms with E-state index in [2.05, 4.69) is 109 Å². The zero-order chi connectivity index (χ0) is 25.3. The predicted molar refractivity (Wildman–Crippen MR) is 157 cm³/mol. The number of anilines is 3. The summed E-state index contributed by atoms with van der Waals surface area (Å²) in [6, 6.07) is 38.6. The lowest BCUT2D eigenvalue weighted by Gasteiger charge is -2.34. The molecule has 8 rings (SSSR count). The van der Waals surface area contributed by atoms with E-state index in [0.29, 0.717) is 0 Å². The smallest absolute Gasteiger partial charge is 0.0915 e. The topological polar surface area (TPSA) is 29.0 Å². The van der Waals surface area contributed by atoms with E-state index in [4.69, 9.17) is 9.97 Å². The van der Waals surface area contributed by atoms with E-state index >= 15 is 0 Å². The van der Waals surface area contributed by atoms with Crippen molar-refractivity contribution < 1.29 is 0 Å². The number of rotatable bonds is 3. The Hall–Kier alpha value is -4.76. The van der Waals surface area contributed by atoms with Gasteiger partial charge in [-0.15, -0.1) is 0 Å². The summed E-state index contributed by atoms with van der Waals surface area (Å²) < 4.78 is 0. The first kappa shape index (κ1) is 21.3. The van der Waals surface area contributed by atoms with Gasteiger partial charge in [-0.25, -0.2) is 9.97 Å². The van der Waals surface area contributed by atoms with Gasteiger partial charge in [-0.2, -0.15) is 0 Å². The van der Waals surface area contributed by atoms with E-state index in [9.17, 15) is 0 Å². The normalized spacial score (nSPS) is 17.0. The standard InChI is InChI=1S/C35H25N3/c1-35-21-9-13-27-33(20-18-26(34(27)35)25-12-5-6-14-28(25)35)38(23-10-3-2-4-11-23)24-17-19-31-32(22-24)37-30-16-8-7-15-29(30)36-31/h2-20,22H,21H2,1H3. The molecule has 5 aromatic carbocycles. The molecule has 0 radical (unpaired) electrons. The molecule has 0 spiro atoms. The van der Waals surface area contributed by atoms with Crippen molar-refractivity contribution in [3.63, 3.8) is 0 Å². The monoisotopic (exact) mass is 487 g/mol. The molecule has 0 amide bonds. The van der Waals surface area contributed by atoms with Crippen LogP contribution in [0.2, 0.25) is 0 Å². The van der Waals surface area contributed by atoms with Gasteiger partial charge in [0.1, 0.15) is 0 Å². The summed E-state index contributed by atoms with van der Waals surface area (Å²) in [7, 11) is 0. The largest absolute Gasteiger partial charge is 0.310 e. The van der Waals surface area contributed by atoms with Gasteiger partial charge in [-0.3, -0.25) is 0 Å². The van der Waals surface area contributed by atoms with E-state index in [0.717, 1.165) is 39.9 Å². The van der Waals surface area contributed by atoms with E-state index in [-0.39, 0.29) is 5.41 Å². The Bertz CT molecular complexity index is 1920. The summed E-state index contributed by atoms with van der Waals surface area (Å²) in [4.78, 5) is 12.2. The number of aromatic nitrogens is 2. The highest BCUT2D eigenvalue weighted by Gasteiger charge is 2.42. The zero-order valence-electron chi connectivity index (χ0n) is 21.1. The third-order valence-electron chi connectivity index (χ3n) is 8.23. The van der Waals surface area contributed by atoms with Gasteiger partial charge in [0.25, 0.3) is 0 Å². The van der Waals surface area contributed by atoms with Crippen LogP contribution in [0.15, 0.2) is 115 Å². The maximum atomic E-state index is 4.97. The Labute approximate surface area is 221 Å². The SMILES string of the molecule is CC12CC=Cc3c(N(c4ccccc4)c4ccc5nc6ccccc6nc5c4)ccc(c31)-c1ccccc12. The van der Waals surface area contributed by atoms with Crippen molar-refractivity contribution in [3.8, 4) is 11.1 Å². The van der Waals surface area contributed by atoms with Crippen molar-refractivity contribution in [3.05, 3.63) is 132 Å². The van der Waals surface area contributed by atoms with E-state index < -0.39 is 0 Å². The number of hydrogen-bond donors (Lipinski definition) is 0. The van der Waals surface area contributed by atoms with Crippen LogP contribution < -0.4 is 4.90 Å². The van der Waals surface area contributed by atoms with Crippen molar-refractivity contribution in [2.45, 2.75) is 18.8 Å². The molecule has 1 heterocycles. The number of hydrogen-bond acceptors (Lipinski definition) is 3. The second-order valence-corrected chi connectivity index (χ2v) is 10.5. The Morgan fingerprint density at radius 3 is 2.18 bits per heavy atom. The molecule has 0 saturated carbocycles. The quantitative estimate of drug-likeness (QED) is 0.233. The van der Waals surface area contributed by atoms with Crippen LogP contribution in [-0.4, -0.2) is 9.97 Å². The molecular weight excluding hydrogens is 462 g/mol. The van der Waals surface area contributed by atoms with Gasteiger partial charge in [-0.1, -0.05) is 79.7 Å². The van der Waals surface area contributed by atoms with E-state index in [1.165, 1.54) is 33.5 Å². The number of fused-ring (bicyclic) bond motifs is 5. The summed E-state index contributed by atoms with van der Waals surface area (Å²) in [6.07, 6.45) is 5.68. The van der Waals surface area contributed by atoms with Gasteiger partial charge in [0.2, 0.25) is 0 Å². The van der Waals surface area contributed by atoms with Gasteiger partial charge >= 0.3 is 0 Å². The highest BCUT2D eigenvalue weighted by atomic mass is 15.1. The van der Waals surface area contributed by atoms with Crippen molar-refractivity contribution in [1.29, 1.82) is 0 Å². The Morgan fingerprint density at radius 1 is 0.632 bits per heavy atom. The number of benzene rings is 5. The molecule has 3 heteroatoms. The summed E-state index contributed by atoms with van der Waals surface area (Å²) in [5, 5.41) is 0. The molecular formula is C35H25N3. The molecule has 38 heavy (non-hydrogen) atoms. The summed E-state index contributed by atoms with van der Waals surface area (Å²) in [5.41, 5.74) is 13.8. The van der Waals surface area contributed by atoms with Crippen LogP contribution in [0.1, 0.15) is 30.0 Å². The summed E-state index contributed by atoms with van der Waals surface area (Å²) in [6.45, 7) is 2.40. The first-order valence-corrected chi connectivity index (χ1v) is 13.2. The minimum atomic E-state index is -0.0256. The molecule has 6 aromatic rings. The number of nitrogens with zero attached hydrogens (tertiary/aromatic N) is 3. The van der Waals surface area contributed by atoms with Gasteiger partial charge in [-0.05, 0) is 77.2 Å². The summed E-state index contributed by atoms with van der Waals surface area (Å²) >= 11 is 0. The van der Waals surface area contributed by atoms with Crippen LogP contribution in [0.3, 0.4) is 0 Å². The summed E-state index contributed by atoms with van der Waals surface area (Å²) in [5.74, 6) is 0. The lowest BCUT2D eigenvalue weighted by atomic mass is 9.72. The molecule has 1 unspecified atom stereocenters. The lowest BCUT2D eigenvalue weighted by Crippen LogP contribution is -2.24. The first-order chi connectivity index (χ1) is 18.7. The van der Waals surface area contributed by atoms with Crippen LogP contribution in [0, 0.1) is 0 Å². The molecule has 1 atom stereocenters. The van der Waals surface area contributed by atoms with Crippen molar-refractivity contribution >= 4 is 45.2 Å². The first-order valence-electron chi connectivity index (χ1n) is 13.2. The van der Waals surface area contributed by atoms with E-state index in [1.807, 2.05) is 24.3 Å². The van der Waals surface area contributed by atoms with Crippen LogP contribution in [0.25, 0.3) is 39.3 Å². The maximum Gasteiger partial charge on any atom is 0.0915 e. The Kier molecular flexibility index (Phi) is 4.42. The lowest BCUT2D eigenvalue weighted by molar-refractivity contribution is 0.591. The molecule has 0 N–H and O–H groups in total. The molecule has 180 valence electrons. The Morgan fingerprint density at radius 2 is 1.34 bits per heavy atom. The fourth-order valence-electron chi connectivity index (χ4n) is 6.50. The Balaban J connectivity index is 1.38. The number of allylic oxidation sites excluding steroid dienone is 1. The third kappa shape index (κ3) is 2.96. The second kappa shape index (κ2) is 7.87. The fraction of sp³-hybridized carbons (Fsp3) is 0.0857. The fourth-order valence-corrected chi connectivity index (χ4v) is 6.50. The van der Waals surface area contributed by atoms with Crippen LogP contribution in [-0.2, 0) is 5.41 Å². The van der Waals surface area contributed by atoms with Gasteiger partial charge in [0.05, 0.1) is 27.8 Å². The molecule has 1 aromatic heterocycles. The average molecular weight is 488 g/mol. The number of para-hydroxylation sites is 3. The zero-order valence-corrected chi connectivity index (χ0v) is 21.1. The van der Waals surface area contributed by atoms with Gasteiger partial charge in [0, 0.05) is 22.4 Å². The van der Waals surface area contributed by atoms with Gasteiger partial charge in [0.15, 0.2) is 0 Å². The van der Waals surface area contributed by atoms with Crippen molar-refractivity contribution in [1.82, 2.24) is 9.97 Å². The molecule has 2 aliphatic rings. The average Bonchev–Trinajstić information content (AvgIpc) is 3.23. The third-order valence-corrected chi connectivity index (χ3v) is 8.23. The predicted octanol–water partition coefficient (Wildman–Crippen LogP) is 8.96. The minimum absolute atomic E-state index is 0.0256. The second-order valence-electron chi connectivity index (χ2n) is 10.5. The van der Waals surface area contributed by atoms with Crippen LogP contribution in [0.4, 0.5) is 17.1 Å². The van der Waals surface area contributed by atoms with Crippen molar-refractivity contribution in [2.75, 3.05) is 4.90 Å². The van der Waals surface area contributed by atoms with E-state index in [1.54, 1.807) is 0 Å². The maximum absolute atomic E-state index is 4.97. The highest BCUT2D eigenvalue weighted by Crippen LogP contribution is 2.56. The molecule has 0 fully saturated rings. The highest BCUT2D eigenvalue weighted by molar-refractivity contribution is 5.95. The molecule has 2 aliphatic carbocycles. The van der Waals surface area contributed by atoms with Crippen molar-refractivity contribution in [2.24, 2.45) is 0 Å². The molecule has 3 nitrogen and oxygen atoms in total. The molecule has 0 bridgehead atoms. The molecule has 0 aliphatic heterocycles. The van der Waals surface area contributed by atoms with Gasteiger partial charge < -0.3 is 4.90 Å². The van der Waals surface area contributed by atoms with Crippen LogP contribution >= 0.6 is 0 Å².